The van der Waals surface area contributed by atoms with Crippen LogP contribution in [0.2, 0.25) is 0 Å². The first-order valence-corrected chi connectivity index (χ1v) is 7.26. The highest BCUT2D eigenvalue weighted by molar-refractivity contribution is 5.29. The Bertz CT molecular complexity index is 553. The molecule has 0 bridgehead atoms. The first-order valence-electron chi connectivity index (χ1n) is 7.26. The summed E-state index contributed by atoms with van der Waals surface area (Å²) in [7, 11) is 0. The van der Waals surface area contributed by atoms with E-state index in [2.05, 4.69) is 40.2 Å². The molecular weight excluding hydrogens is 246 g/mol. The number of hydrogen-bond acceptors (Lipinski definition) is 3. The number of nitrogens with zero attached hydrogens (tertiary/aromatic N) is 2. The fourth-order valence-electron chi connectivity index (χ4n) is 2.96. The van der Waals surface area contributed by atoms with E-state index in [0.29, 0.717) is 12.5 Å². The lowest BCUT2D eigenvalue weighted by atomic mass is 9.96. The largest absolute Gasteiger partial charge is 0.330 e. The third kappa shape index (κ3) is 2.89. The molecule has 0 spiro atoms. The molecule has 2 heterocycles. The number of nitrogens with two attached hydrogens (primary N) is 1. The lowest BCUT2D eigenvalue weighted by Gasteiger charge is -2.31. The van der Waals surface area contributed by atoms with Gasteiger partial charge in [0.1, 0.15) is 0 Å². The van der Waals surface area contributed by atoms with Crippen molar-refractivity contribution in [3.05, 3.63) is 65.5 Å². The molecule has 1 aromatic carbocycles. The molecular formula is C17H21N3. The summed E-state index contributed by atoms with van der Waals surface area (Å²) in [6, 6.07) is 12.9. The van der Waals surface area contributed by atoms with Gasteiger partial charge >= 0.3 is 0 Å². The quantitative estimate of drug-likeness (QED) is 0.923. The summed E-state index contributed by atoms with van der Waals surface area (Å²) in [5.41, 5.74) is 10.2. The van der Waals surface area contributed by atoms with Gasteiger partial charge in [-0.2, -0.15) is 0 Å². The summed E-state index contributed by atoms with van der Waals surface area (Å²) in [5, 5.41) is 0. The highest BCUT2D eigenvalue weighted by Crippen LogP contribution is 2.22. The predicted molar refractivity (Wildman–Crippen MR) is 81.5 cm³/mol. The molecule has 1 aromatic heterocycles. The van der Waals surface area contributed by atoms with Crippen molar-refractivity contribution in [2.45, 2.75) is 18.9 Å². The number of aromatic nitrogens is 1. The van der Waals surface area contributed by atoms with E-state index >= 15 is 0 Å². The molecule has 3 rings (SSSR count). The summed E-state index contributed by atoms with van der Waals surface area (Å²) in [6.07, 6.45) is 4.89. The van der Waals surface area contributed by atoms with Crippen molar-refractivity contribution < 1.29 is 0 Å². The van der Waals surface area contributed by atoms with Crippen molar-refractivity contribution in [1.82, 2.24) is 9.88 Å². The Kier molecular flexibility index (Phi) is 4.09. The number of benzene rings is 1. The lowest BCUT2D eigenvalue weighted by molar-refractivity contribution is 0.239. The van der Waals surface area contributed by atoms with Gasteiger partial charge in [-0.25, -0.2) is 0 Å². The summed E-state index contributed by atoms with van der Waals surface area (Å²) in [5.74, 6) is 0.369. The molecule has 0 aliphatic carbocycles. The van der Waals surface area contributed by atoms with Gasteiger partial charge in [0.25, 0.3) is 0 Å². The van der Waals surface area contributed by atoms with Crippen molar-refractivity contribution in [2.75, 3.05) is 19.6 Å². The zero-order valence-corrected chi connectivity index (χ0v) is 11.7. The molecule has 3 nitrogen and oxygen atoms in total. The zero-order valence-electron chi connectivity index (χ0n) is 11.7. The minimum Gasteiger partial charge on any atom is -0.330 e. The van der Waals surface area contributed by atoms with Gasteiger partial charge in [0.2, 0.25) is 0 Å². The van der Waals surface area contributed by atoms with Crippen LogP contribution in [0.4, 0.5) is 0 Å². The Balaban J connectivity index is 1.69. The predicted octanol–water partition coefficient (Wildman–Crippen LogP) is 2.18. The maximum atomic E-state index is 5.96. The van der Waals surface area contributed by atoms with Crippen LogP contribution in [0, 0.1) is 0 Å². The third-order valence-corrected chi connectivity index (χ3v) is 4.13. The van der Waals surface area contributed by atoms with E-state index in [1.54, 1.807) is 0 Å². The Morgan fingerprint density at radius 1 is 1.15 bits per heavy atom. The molecule has 2 aromatic rings. The first kappa shape index (κ1) is 13.3. The fourth-order valence-corrected chi connectivity index (χ4v) is 2.96. The minimum absolute atomic E-state index is 0.369. The minimum atomic E-state index is 0.369. The fraction of sp³-hybridized carbons (Fsp3) is 0.353. The molecule has 3 heteroatoms. The van der Waals surface area contributed by atoms with E-state index in [1.807, 2.05) is 18.5 Å². The van der Waals surface area contributed by atoms with E-state index < -0.39 is 0 Å². The maximum Gasteiger partial charge on any atom is 0.0303 e. The second-order valence-electron chi connectivity index (χ2n) is 5.47. The van der Waals surface area contributed by atoms with Gasteiger partial charge in [-0.1, -0.05) is 30.3 Å². The van der Waals surface area contributed by atoms with Crippen LogP contribution >= 0.6 is 0 Å². The van der Waals surface area contributed by atoms with Crippen molar-refractivity contribution >= 4 is 0 Å². The number of pyridine rings is 1. The second kappa shape index (κ2) is 6.16. The van der Waals surface area contributed by atoms with Crippen LogP contribution in [-0.4, -0.2) is 29.5 Å². The van der Waals surface area contributed by atoms with Gasteiger partial charge in [0.15, 0.2) is 0 Å². The van der Waals surface area contributed by atoms with Crippen LogP contribution in [0.1, 0.15) is 22.6 Å². The van der Waals surface area contributed by atoms with Crippen molar-refractivity contribution in [2.24, 2.45) is 5.73 Å². The van der Waals surface area contributed by atoms with Crippen LogP contribution in [0.5, 0.6) is 0 Å². The van der Waals surface area contributed by atoms with Crippen molar-refractivity contribution in [3.63, 3.8) is 0 Å². The highest BCUT2D eigenvalue weighted by Gasteiger charge is 2.19. The summed E-state index contributed by atoms with van der Waals surface area (Å²) >= 11 is 0. The lowest BCUT2D eigenvalue weighted by Crippen LogP contribution is -2.35. The Morgan fingerprint density at radius 2 is 2.00 bits per heavy atom. The smallest absolute Gasteiger partial charge is 0.0303 e. The zero-order chi connectivity index (χ0) is 13.8. The number of fused-ring (bicyclic) bond motifs is 1. The maximum absolute atomic E-state index is 5.96. The summed E-state index contributed by atoms with van der Waals surface area (Å²) in [4.78, 5) is 6.72. The standard InChI is InChI=1S/C17H21N3/c18-10-17(15-6-3-8-19-11-15)13-20-9-7-14-4-1-2-5-16(14)12-20/h1-6,8,11,17H,7,9-10,12-13,18H2. The van der Waals surface area contributed by atoms with E-state index in [-0.39, 0.29) is 0 Å². The molecule has 0 amide bonds. The van der Waals surface area contributed by atoms with Gasteiger partial charge in [-0.15, -0.1) is 0 Å². The van der Waals surface area contributed by atoms with E-state index in [9.17, 15) is 0 Å². The molecule has 104 valence electrons. The molecule has 0 radical (unpaired) electrons. The van der Waals surface area contributed by atoms with E-state index in [4.69, 9.17) is 5.73 Å². The molecule has 1 aliphatic heterocycles. The molecule has 1 aliphatic rings. The summed E-state index contributed by atoms with van der Waals surface area (Å²) in [6.45, 7) is 3.83. The Morgan fingerprint density at radius 3 is 2.75 bits per heavy atom. The molecule has 0 saturated heterocycles. The third-order valence-electron chi connectivity index (χ3n) is 4.13. The van der Waals surface area contributed by atoms with Gasteiger partial charge < -0.3 is 5.73 Å². The summed E-state index contributed by atoms with van der Waals surface area (Å²) < 4.78 is 0. The second-order valence-corrected chi connectivity index (χ2v) is 5.47. The van der Waals surface area contributed by atoms with Gasteiger partial charge in [0, 0.05) is 44.5 Å². The monoisotopic (exact) mass is 267 g/mol. The Hall–Kier alpha value is -1.71. The average Bonchev–Trinajstić information content (AvgIpc) is 2.53. The molecule has 2 N–H and O–H groups in total. The SMILES string of the molecule is NCC(CN1CCc2ccccc2C1)c1cccnc1. The molecule has 0 fully saturated rings. The first-order chi connectivity index (χ1) is 9.86. The van der Waals surface area contributed by atoms with E-state index in [1.165, 1.54) is 16.7 Å². The van der Waals surface area contributed by atoms with Crippen LogP contribution in [0.15, 0.2) is 48.8 Å². The van der Waals surface area contributed by atoms with Crippen molar-refractivity contribution in [1.29, 1.82) is 0 Å². The van der Waals surface area contributed by atoms with Crippen molar-refractivity contribution in [3.8, 4) is 0 Å². The topological polar surface area (TPSA) is 42.1 Å². The average molecular weight is 267 g/mol. The number of hydrogen-bond donors (Lipinski definition) is 1. The number of rotatable bonds is 4. The van der Waals surface area contributed by atoms with Gasteiger partial charge in [-0.3, -0.25) is 9.88 Å². The molecule has 1 unspecified atom stereocenters. The molecule has 1 atom stereocenters. The van der Waals surface area contributed by atoms with Gasteiger partial charge in [-0.05, 0) is 29.2 Å². The molecule has 20 heavy (non-hydrogen) atoms. The molecule has 0 saturated carbocycles. The van der Waals surface area contributed by atoms with E-state index in [0.717, 1.165) is 26.1 Å². The Labute approximate surface area is 120 Å². The van der Waals surface area contributed by atoms with Crippen LogP contribution in [0.3, 0.4) is 0 Å². The van der Waals surface area contributed by atoms with Gasteiger partial charge in [0.05, 0.1) is 0 Å². The highest BCUT2D eigenvalue weighted by atomic mass is 15.1. The van der Waals surface area contributed by atoms with Crippen LogP contribution < -0.4 is 5.73 Å². The van der Waals surface area contributed by atoms with Crippen LogP contribution in [-0.2, 0) is 13.0 Å². The van der Waals surface area contributed by atoms with Crippen LogP contribution in [0.25, 0.3) is 0 Å². The normalized spacial score (nSPS) is 16.6.